The maximum absolute atomic E-state index is 14.1. The largest absolute Gasteiger partial charge is 0.491 e. The Labute approximate surface area is 146 Å². The normalized spacial score (nSPS) is 16.9. The zero-order valence-corrected chi connectivity index (χ0v) is 14.5. The van der Waals surface area contributed by atoms with Gasteiger partial charge in [-0.2, -0.15) is 13.2 Å². The number of hydrogen-bond acceptors (Lipinski definition) is 4. The van der Waals surface area contributed by atoms with Gasteiger partial charge in [0, 0.05) is 0 Å². The highest BCUT2D eigenvalue weighted by Crippen LogP contribution is 2.53. The molecule has 140 valence electrons. The van der Waals surface area contributed by atoms with Crippen LogP contribution in [-0.2, 0) is 10.0 Å². The van der Waals surface area contributed by atoms with Gasteiger partial charge in [0.25, 0.3) is 5.91 Å². The molecule has 1 aromatic carbocycles. The third kappa shape index (κ3) is 4.17. The molecule has 1 aromatic rings. The van der Waals surface area contributed by atoms with Crippen LogP contribution in [0, 0.1) is 11.2 Å². The molecule has 1 amide bonds. The van der Waals surface area contributed by atoms with E-state index in [-0.39, 0.29) is 18.6 Å². The van der Waals surface area contributed by atoms with Gasteiger partial charge in [-0.05, 0) is 25.0 Å². The first-order chi connectivity index (χ1) is 11.4. The van der Waals surface area contributed by atoms with Gasteiger partial charge in [0.2, 0.25) is 10.0 Å². The van der Waals surface area contributed by atoms with Crippen molar-refractivity contribution < 1.29 is 35.5 Å². The number of sulfonamides is 1. The van der Waals surface area contributed by atoms with E-state index >= 15 is 0 Å². The number of benzene rings is 1. The van der Waals surface area contributed by atoms with Crippen LogP contribution in [0.25, 0.3) is 0 Å². The molecule has 2 rings (SSSR count). The Morgan fingerprint density at radius 2 is 1.96 bits per heavy atom. The molecular weight excluding hydrogens is 390 g/mol. The van der Waals surface area contributed by atoms with Crippen molar-refractivity contribution in [2.45, 2.75) is 25.4 Å². The fraction of sp³-hybridized carbons (Fsp3) is 0.500. The Morgan fingerprint density at radius 3 is 2.40 bits per heavy atom. The number of carbonyl (C=O) groups excluding carboxylic acids is 1. The van der Waals surface area contributed by atoms with Crippen LogP contribution in [0.2, 0.25) is 5.02 Å². The Hall–Kier alpha value is -1.55. The molecular formula is C14H14ClF4NO4S. The second-order valence-corrected chi connectivity index (χ2v) is 7.99. The smallest absolute Gasteiger partial charge is 0.397 e. The zero-order valence-electron chi connectivity index (χ0n) is 12.9. The average molecular weight is 404 g/mol. The van der Waals surface area contributed by atoms with E-state index in [2.05, 4.69) is 0 Å². The van der Waals surface area contributed by atoms with Crippen LogP contribution in [0.1, 0.15) is 29.6 Å². The van der Waals surface area contributed by atoms with Crippen molar-refractivity contribution in [3.63, 3.8) is 0 Å². The van der Waals surface area contributed by atoms with Gasteiger partial charge in [0.05, 0.1) is 17.2 Å². The van der Waals surface area contributed by atoms with Crippen molar-refractivity contribution in [3.8, 4) is 5.75 Å². The number of nitrogens with one attached hydrogen (secondary N) is 1. The molecule has 1 fully saturated rings. The fourth-order valence-electron chi connectivity index (χ4n) is 2.37. The highest BCUT2D eigenvalue weighted by molar-refractivity contribution is 7.89. The van der Waals surface area contributed by atoms with Gasteiger partial charge in [-0.3, -0.25) is 4.79 Å². The lowest BCUT2D eigenvalue weighted by Crippen LogP contribution is -2.48. The molecule has 0 aromatic heterocycles. The van der Waals surface area contributed by atoms with Crippen LogP contribution in [0.5, 0.6) is 5.75 Å². The Kier molecular flexibility index (Phi) is 5.25. The summed E-state index contributed by atoms with van der Waals surface area (Å²) in [7, 11) is -3.92. The Morgan fingerprint density at radius 1 is 1.36 bits per heavy atom. The molecule has 0 atom stereocenters. The quantitative estimate of drug-likeness (QED) is 0.766. The van der Waals surface area contributed by atoms with Crippen LogP contribution < -0.4 is 9.46 Å². The highest BCUT2D eigenvalue weighted by atomic mass is 35.5. The molecule has 0 heterocycles. The number of hydrogen-bond donors (Lipinski definition) is 1. The molecule has 0 aliphatic heterocycles. The number of halogens is 5. The predicted molar refractivity (Wildman–Crippen MR) is 81.6 cm³/mol. The summed E-state index contributed by atoms with van der Waals surface area (Å²) >= 11 is 5.71. The summed E-state index contributed by atoms with van der Waals surface area (Å²) in [5, 5.41) is -0.696. The summed E-state index contributed by atoms with van der Waals surface area (Å²) in [5.41, 5.74) is -2.66. The van der Waals surface area contributed by atoms with E-state index < -0.39 is 50.5 Å². The van der Waals surface area contributed by atoms with E-state index in [1.165, 1.54) is 0 Å². The van der Waals surface area contributed by atoms with Crippen LogP contribution in [-0.4, -0.2) is 33.4 Å². The standard InChI is InChI=1S/C14H14ClF4NO4S/c1-25(22,23)20-12(21)8-3-4-9(10(15)11(8)16)24-7-13(5-2-6-13)14(17,18)19/h3-4H,2,5-7H2,1H3,(H,20,21). The molecule has 0 radical (unpaired) electrons. The fourth-order valence-corrected chi connectivity index (χ4v) is 3.04. The molecule has 0 bridgehead atoms. The summed E-state index contributed by atoms with van der Waals surface area (Å²) in [4.78, 5) is 11.7. The minimum Gasteiger partial charge on any atom is -0.491 e. The summed E-state index contributed by atoms with van der Waals surface area (Å²) < 4.78 is 82.0. The summed E-state index contributed by atoms with van der Waals surface area (Å²) in [6.45, 7) is -0.718. The number of ether oxygens (including phenoxy) is 1. The zero-order chi connectivity index (χ0) is 19.0. The average Bonchev–Trinajstić information content (AvgIpc) is 2.38. The maximum atomic E-state index is 14.1. The predicted octanol–water partition coefficient (Wildman–Crippen LogP) is 3.28. The van der Waals surface area contributed by atoms with Crippen LogP contribution in [0.3, 0.4) is 0 Å². The minimum atomic E-state index is -4.45. The van der Waals surface area contributed by atoms with Crippen LogP contribution >= 0.6 is 11.6 Å². The molecule has 25 heavy (non-hydrogen) atoms. The highest BCUT2D eigenvalue weighted by Gasteiger charge is 2.58. The molecule has 1 N–H and O–H groups in total. The van der Waals surface area contributed by atoms with Gasteiger partial charge in [-0.15, -0.1) is 0 Å². The van der Waals surface area contributed by atoms with Gasteiger partial charge in [-0.25, -0.2) is 17.5 Å². The molecule has 0 spiro atoms. The maximum Gasteiger partial charge on any atom is 0.397 e. The van der Waals surface area contributed by atoms with Crippen LogP contribution in [0.15, 0.2) is 12.1 Å². The van der Waals surface area contributed by atoms with Crippen molar-refractivity contribution in [1.82, 2.24) is 4.72 Å². The van der Waals surface area contributed by atoms with E-state index in [1.54, 1.807) is 4.72 Å². The lowest BCUT2D eigenvalue weighted by molar-refractivity contribution is -0.259. The van der Waals surface area contributed by atoms with Crippen molar-refractivity contribution in [1.29, 1.82) is 0 Å². The van der Waals surface area contributed by atoms with E-state index in [9.17, 15) is 30.8 Å². The number of rotatable bonds is 5. The molecule has 1 saturated carbocycles. The Bertz CT molecular complexity index is 791. The molecule has 1 aliphatic carbocycles. The lowest BCUT2D eigenvalue weighted by atomic mass is 9.69. The van der Waals surface area contributed by atoms with Gasteiger partial charge < -0.3 is 4.74 Å². The van der Waals surface area contributed by atoms with Gasteiger partial charge >= 0.3 is 6.18 Å². The van der Waals surface area contributed by atoms with Gasteiger partial charge in [0.15, 0.2) is 5.82 Å². The second kappa shape index (κ2) is 6.64. The van der Waals surface area contributed by atoms with Gasteiger partial charge in [0.1, 0.15) is 17.4 Å². The lowest BCUT2D eigenvalue weighted by Gasteiger charge is -2.42. The topological polar surface area (TPSA) is 72.5 Å². The number of carbonyl (C=O) groups is 1. The third-order valence-corrected chi connectivity index (χ3v) is 4.89. The minimum absolute atomic E-state index is 0.0918. The van der Waals surface area contributed by atoms with Crippen LogP contribution in [0.4, 0.5) is 17.6 Å². The first-order valence-electron chi connectivity index (χ1n) is 7.06. The monoisotopic (exact) mass is 403 g/mol. The molecule has 11 heteroatoms. The van der Waals surface area contributed by atoms with Crippen molar-refractivity contribution in [3.05, 3.63) is 28.5 Å². The second-order valence-electron chi connectivity index (χ2n) is 5.86. The Balaban J connectivity index is 2.19. The third-order valence-electron chi connectivity index (χ3n) is 3.99. The van der Waals surface area contributed by atoms with E-state index in [4.69, 9.17) is 16.3 Å². The molecule has 1 aliphatic rings. The number of amides is 1. The van der Waals surface area contributed by atoms with Crippen molar-refractivity contribution in [2.75, 3.05) is 12.9 Å². The van der Waals surface area contributed by atoms with E-state index in [1.807, 2.05) is 0 Å². The molecule has 0 unspecified atom stereocenters. The molecule has 5 nitrogen and oxygen atoms in total. The first-order valence-corrected chi connectivity index (χ1v) is 9.33. The van der Waals surface area contributed by atoms with Crippen molar-refractivity contribution in [2.24, 2.45) is 5.41 Å². The summed E-state index contributed by atoms with van der Waals surface area (Å²) in [6, 6.07) is 1.91. The summed E-state index contributed by atoms with van der Waals surface area (Å²) in [6.07, 6.45) is -3.52. The first kappa shape index (κ1) is 19.8. The van der Waals surface area contributed by atoms with E-state index in [0.717, 1.165) is 12.1 Å². The SMILES string of the molecule is CS(=O)(=O)NC(=O)c1ccc(OCC2(C(F)(F)F)CCC2)c(Cl)c1F. The molecule has 0 saturated heterocycles. The van der Waals surface area contributed by atoms with Gasteiger partial charge in [-0.1, -0.05) is 18.0 Å². The van der Waals surface area contributed by atoms with E-state index in [0.29, 0.717) is 12.7 Å². The number of alkyl halides is 3. The summed E-state index contributed by atoms with van der Waals surface area (Å²) in [5.74, 6) is -2.89. The van der Waals surface area contributed by atoms with Crippen molar-refractivity contribution >= 4 is 27.5 Å².